The van der Waals surface area contributed by atoms with E-state index >= 15 is 0 Å². The van der Waals surface area contributed by atoms with E-state index in [2.05, 4.69) is 12.2 Å². The summed E-state index contributed by atoms with van der Waals surface area (Å²) in [6.45, 7) is 9.05. The third kappa shape index (κ3) is 6.71. The first-order valence-electron chi connectivity index (χ1n) is 10.1. The van der Waals surface area contributed by atoms with Crippen LogP contribution in [0.15, 0.2) is 18.2 Å². The minimum Gasteiger partial charge on any atom is -0.490 e. The highest BCUT2D eigenvalue weighted by atomic mass is 16.5. The smallest absolute Gasteiger partial charge is 0.238 e. The Morgan fingerprint density at radius 3 is 2.57 bits per heavy atom. The van der Waals surface area contributed by atoms with Gasteiger partial charge in [0.2, 0.25) is 11.8 Å². The lowest BCUT2D eigenvalue weighted by molar-refractivity contribution is -0.134. The Kier molecular flexibility index (Phi) is 8.57. The van der Waals surface area contributed by atoms with Gasteiger partial charge in [0, 0.05) is 24.8 Å². The molecule has 156 valence electrons. The van der Waals surface area contributed by atoms with Gasteiger partial charge < -0.3 is 19.7 Å². The Balaban J connectivity index is 1.87. The molecule has 1 N–H and O–H groups in total. The summed E-state index contributed by atoms with van der Waals surface area (Å²) in [6.07, 6.45) is 2.23. The molecule has 0 saturated carbocycles. The first-order chi connectivity index (χ1) is 13.4. The zero-order chi connectivity index (χ0) is 20.5. The van der Waals surface area contributed by atoms with Crippen LogP contribution in [0.1, 0.15) is 33.6 Å². The molecule has 0 aromatic heterocycles. The summed E-state index contributed by atoms with van der Waals surface area (Å²) < 4.78 is 11.1. The van der Waals surface area contributed by atoms with Gasteiger partial charge in [0.25, 0.3) is 0 Å². The number of likely N-dealkylation sites (N-methyl/N-ethyl adjacent to an activating group) is 1. The van der Waals surface area contributed by atoms with E-state index in [1.807, 2.05) is 18.7 Å². The van der Waals surface area contributed by atoms with E-state index in [-0.39, 0.29) is 24.9 Å². The quantitative estimate of drug-likeness (QED) is 0.701. The van der Waals surface area contributed by atoms with Crippen LogP contribution in [0.5, 0.6) is 11.5 Å². The maximum atomic E-state index is 12.4. The Bertz CT molecular complexity index is 665. The number of carbonyl (C=O) groups excluding carboxylic acids is 2. The molecule has 1 fully saturated rings. The third-order valence-electron chi connectivity index (χ3n) is 4.66. The van der Waals surface area contributed by atoms with Gasteiger partial charge >= 0.3 is 0 Å². The number of hydrogen-bond acceptors (Lipinski definition) is 5. The normalized spacial score (nSPS) is 16.8. The van der Waals surface area contributed by atoms with Crippen molar-refractivity contribution in [3.63, 3.8) is 0 Å². The van der Waals surface area contributed by atoms with Crippen molar-refractivity contribution in [3.8, 4) is 11.5 Å². The number of benzene rings is 1. The molecule has 1 saturated heterocycles. The largest absolute Gasteiger partial charge is 0.490 e. The highest BCUT2D eigenvalue weighted by Gasteiger charge is 2.22. The molecule has 0 radical (unpaired) electrons. The monoisotopic (exact) mass is 391 g/mol. The first-order valence-corrected chi connectivity index (χ1v) is 10.1. The van der Waals surface area contributed by atoms with Crippen LogP contribution >= 0.6 is 0 Å². The number of hydrogen-bond donors (Lipinski definition) is 1. The minimum atomic E-state index is -0.172. The number of anilines is 1. The fourth-order valence-corrected chi connectivity index (χ4v) is 3.38. The molecule has 7 nitrogen and oxygen atoms in total. The SMILES string of the molecule is CCOc1ccc(NC(=O)CN(C)CC(=O)N2CCC[C@H](C)C2)cc1OCC. The molecule has 28 heavy (non-hydrogen) atoms. The molecule has 0 aliphatic carbocycles. The van der Waals surface area contributed by atoms with Crippen LogP contribution in [0.4, 0.5) is 5.69 Å². The van der Waals surface area contributed by atoms with Gasteiger partial charge in [0.1, 0.15) is 0 Å². The summed E-state index contributed by atoms with van der Waals surface area (Å²) in [5, 5.41) is 2.86. The van der Waals surface area contributed by atoms with Crippen molar-refractivity contribution in [2.45, 2.75) is 33.6 Å². The Hall–Kier alpha value is -2.28. The van der Waals surface area contributed by atoms with Gasteiger partial charge in [-0.2, -0.15) is 0 Å². The first kappa shape index (κ1) is 22.0. The van der Waals surface area contributed by atoms with E-state index in [0.717, 1.165) is 19.5 Å². The van der Waals surface area contributed by atoms with E-state index < -0.39 is 0 Å². The van der Waals surface area contributed by atoms with Crippen LogP contribution < -0.4 is 14.8 Å². The number of carbonyl (C=O) groups is 2. The van der Waals surface area contributed by atoms with E-state index in [0.29, 0.717) is 36.3 Å². The third-order valence-corrected chi connectivity index (χ3v) is 4.66. The van der Waals surface area contributed by atoms with Crippen molar-refractivity contribution in [1.82, 2.24) is 9.80 Å². The molecule has 1 aliphatic heterocycles. The Morgan fingerprint density at radius 1 is 1.18 bits per heavy atom. The van der Waals surface area contributed by atoms with Crippen molar-refractivity contribution in [2.24, 2.45) is 5.92 Å². The molecule has 1 aromatic carbocycles. The summed E-state index contributed by atoms with van der Waals surface area (Å²) in [7, 11) is 1.79. The summed E-state index contributed by atoms with van der Waals surface area (Å²) in [6, 6.07) is 5.33. The number of nitrogens with one attached hydrogen (secondary N) is 1. The van der Waals surface area contributed by atoms with Crippen LogP contribution in [0.25, 0.3) is 0 Å². The van der Waals surface area contributed by atoms with Crippen LogP contribution in [0.2, 0.25) is 0 Å². The van der Waals surface area contributed by atoms with Crippen molar-refractivity contribution in [2.75, 3.05) is 51.8 Å². The standard InChI is InChI=1S/C21H33N3O4/c1-5-27-18-10-9-17(12-19(18)28-6-2)22-20(25)14-23(4)15-21(26)24-11-7-8-16(3)13-24/h9-10,12,16H,5-8,11,13-15H2,1-4H3,(H,22,25)/t16-/m0/s1. The number of rotatable bonds is 9. The summed E-state index contributed by atoms with van der Waals surface area (Å²) >= 11 is 0. The summed E-state index contributed by atoms with van der Waals surface area (Å²) in [5.41, 5.74) is 0.640. The van der Waals surface area contributed by atoms with Gasteiger partial charge in [-0.1, -0.05) is 6.92 Å². The predicted molar refractivity (Wildman–Crippen MR) is 110 cm³/mol. The molecule has 1 heterocycles. The molecule has 0 spiro atoms. The number of nitrogens with zero attached hydrogens (tertiary/aromatic N) is 2. The van der Waals surface area contributed by atoms with Gasteiger partial charge in [-0.15, -0.1) is 0 Å². The number of likely N-dealkylation sites (tertiary alicyclic amines) is 1. The molecule has 7 heteroatoms. The van der Waals surface area contributed by atoms with E-state index in [4.69, 9.17) is 9.47 Å². The molecule has 1 aromatic rings. The fraction of sp³-hybridized carbons (Fsp3) is 0.619. The fourth-order valence-electron chi connectivity index (χ4n) is 3.38. The average Bonchev–Trinajstić information content (AvgIpc) is 2.64. The lowest BCUT2D eigenvalue weighted by atomic mass is 10.0. The number of amides is 2. The molecule has 2 rings (SSSR count). The molecular formula is C21H33N3O4. The Morgan fingerprint density at radius 2 is 1.89 bits per heavy atom. The molecule has 0 bridgehead atoms. The molecule has 1 atom stereocenters. The van der Waals surface area contributed by atoms with Crippen LogP contribution in [-0.4, -0.2) is 68.1 Å². The van der Waals surface area contributed by atoms with Crippen molar-refractivity contribution >= 4 is 17.5 Å². The van der Waals surface area contributed by atoms with Crippen LogP contribution in [-0.2, 0) is 9.59 Å². The molecule has 1 aliphatic rings. The van der Waals surface area contributed by atoms with E-state index in [1.165, 1.54) is 6.42 Å². The van der Waals surface area contributed by atoms with Crippen LogP contribution in [0, 0.1) is 5.92 Å². The lowest BCUT2D eigenvalue weighted by Gasteiger charge is -2.32. The zero-order valence-corrected chi connectivity index (χ0v) is 17.5. The summed E-state index contributed by atoms with van der Waals surface area (Å²) in [4.78, 5) is 28.4. The lowest BCUT2D eigenvalue weighted by Crippen LogP contribution is -2.45. The van der Waals surface area contributed by atoms with Crippen molar-refractivity contribution < 1.29 is 19.1 Å². The second kappa shape index (κ2) is 10.9. The molecule has 0 unspecified atom stereocenters. The molecular weight excluding hydrogens is 358 g/mol. The predicted octanol–water partition coefficient (Wildman–Crippen LogP) is 2.61. The van der Waals surface area contributed by atoms with Gasteiger partial charge in [0.15, 0.2) is 11.5 Å². The van der Waals surface area contributed by atoms with Gasteiger partial charge in [-0.25, -0.2) is 0 Å². The summed E-state index contributed by atoms with van der Waals surface area (Å²) in [5.74, 6) is 1.71. The van der Waals surface area contributed by atoms with Crippen molar-refractivity contribution in [1.29, 1.82) is 0 Å². The Labute approximate surface area is 168 Å². The highest BCUT2D eigenvalue weighted by molar-refractivity contribution is 5.93. The number of piperidine rings is 1. The zero-order valence-electron chi connectivity index (χ0n) is 17.5. The highest BCUT2D eigenvalue weighted by Crippen LogP contribution is 2.30. The molecule has 2 amide bonds. The topological polar surface area (TPSA) is 71.1 Å². The average molecular weight is 392 g/mol. The van der Waals surface area contributed by atoms with E-state index in [9.17, 15) is 9.59 Å². The maximum Gasteiger partial charge on any atom is 0.238 e. The van der Waals surface area contributed by atoms with Crippen LogP contribution in [0.3, 0.4) is 0 Å². The van der Waals surface area contributed by atoms with Gasteiger partial charge in [0.05, 0.1) is 26.3 Å². The van der Waals surface area contributed by atoms with E-state index in [1.54, 1.807) is 30.1 Å². The second-order valence-electron chi connectivity index (χ2n) is 7.34. The maximum absolute atomic E-state index is 12.4. The van der Waals surface area contributed by atoms with Gasteiger partial charge in [-0.05, 0) is 51.8 Å². The second-order valence-corrected chi connectivity index (χ2v) is 7.34. The minimum absolute atomic E-state index is 0.0848. The van der Waals surface area contributed by atoms with Gasteiger partial charge in [-0.3, -0.25) is 14.5 Å². The number of ether oxygens (including phenoxy) is 2. The van der Waals surface area contributed by atoms with Crippen molar-refractivity contribution in [3.05, 3.63) is 18.2 Å².